The molecule has 47 heavy (non-hydrogen) atoms. The second kappa shape index (κ2) is 13.7. The quantitative estimate of drug-likeness (QED) is 0.382. The summed E-state index contributed by atoms with van der Waals surface area (Å²) < 4.78 is -0.845. The van der Waals surface area contributed by atoms with E-state index in [0.29, 0.717) is 26.2 Å². The third-order valence-corrected chi connectivity index (χ3v) is 12.0. The maximum absolute atomic E-state index is 14.4. The van der Waals surface area contributed by atoms with E-state index in [-0.39, 0.29) is 44.0 Å². The number of likely N-dealkylation sites (N-methyl/N-ethyl adjacent to an activating group) is 1. The number of hydrogen-bond acceptors (Lipinski definition) is 6. The summed E-state index contributed by atoms with van der Waals surface area (Å²) in [6.07, 6.45) is 3.37. The fourth-order valence-corrected chi connectivity index (χ4v) is 8.96. The zero-order chi connectivity index (χ0) is 33.3. The molecule has 2 aromatic carbocycles. The average molecular weight is 665 g/mol. The van der Waals surface area contributed by atoms with Crippen molar-refractivity contribution in [2.75, 3.05) is 69.6 Å². The van der Waals surface area contributed by atoms with Crippen molar-refractivity contribution in [3.05, 3.63) is 59.7 Å². The Morgan fingerprint density at radius 2 is 1.64 bits per heavy atom. The number of anilines is 2. The minimum absolute atomic E-state index is 0. The van der Waals surface area contributed by atoms with Crippen LogP contribution in [0.25, 0.3) is 0 Å². The largest absolute Gasteiger partial charge is 0.369 e. The van der Waals surface area contributed by atoms with E-state index in [1.54, 1.807) is 11.8 Å². The monoisotopic (exact) mass is 664 g/mol. The molecule has 4 aliphatic heterocycles. The minimum atomic E-state index is -0.845. The molecule has 0 aliphatic carbocycles. The van der Waals surface area contributed by atoms with E-state index in [2.05, 4.69) is 78.2 Å². The van der Waals surface area contributed by atoms with E-state index >= 15 is 0 Å². The number of carbonyl (C=O) groups is 3. The van der Waals surface area contributed by atoms with Gasteiger partial charge < -0.3 is 29.8 Å². The van der Waals surface area contributed by atoms with Gasteiger partial charge in [-0.1, -0.05) is 57.2 Å². The second-order valence-corrected chi connectivity index (χ2v) is 16.8. The molecule has 3 saturated heterocycles. The van der Waals surface area contributed by atoms with Gasteiger partial charge in [0, 0.05) is 78.2 Å². The molecule has 0 aromatic heterocycles. The first-order valence-electron chi connectivity index (χ1n) is 17.4. The Bertz CT molecular complexity index is 1470. The van der Waals surface area contributed by atoms with Crippen LogP contribution in [0.2, 0.25) is 0 Å². The molecule has 2 atom stereocenters. The van der Waals surface area contributed by atoms with Gasteiger partial charge in [0.2, 0.25) is 11.8 Å². The lowest BCUT2D eigenvalue weighted by atomic mass is 9.91. The third kappa shape index (κ3) is 7.43. The Hall–Kier alpha value is -3.24. The molecule has 1 N–H and O–H groups in total. The van der Waals surface area contributed by atoms with Gasteiger partial charge in [-0.3, -0.25) is 9.59 Å². The number of hydrogen-bond donors (Lipinski definition) is 1. The van der Waals surface area contributed by atoms with Crippen LogP contribution in [0.4, 0.5) is 16.2 Å². The molecule has 0 bridgehead atoms. The predicted molar refractivity (Wildman–Crippen MR) is 195 cm³/mol. The Morgan fingerprint density at radius 1 is 0.957 bits per heavy atom. The van der Waals surface area contributed by atoms with E-state index in [0.717, 1.165) is 63.1 Å². The predicted octanol–water partition coefficient (Wildman–Crippen LogP) is 6.17. The maximum Gasteiger partial charge on any atom is 0.322 e. The number of piperazine rings is 1. The summed E-state index contributed by atoms with van der Waals surface area (Å²) in [6, 6.07) is 16.6. The molecule has 3 fully saturated rings. The standard InChI is InChI=1S/C37H52N6O3S.2H2/c1-36(2,3)17-21-43-33(29-11-7-9-13-31(29)40-24-22-39(5)23-25-40)47-37(4,34(43)45)26-32(44)41-18-15-28(16-19-41)42-20-14-27-10-6-8-12-30(27)38-35(42)46;;/h6-13,28,33H,14-26H2,1-5H3,(H,38,46);2*1H/t33-,37+;;/m0../s1. The molecule has 4 amide bonds. The van der Waals surface area contributed by atoms with Gasteiger partial charge in [-0.2, -0.15) is 0 Å². The molecule has 0 saturated carbocycles. The first-order valence-corrected chi connectivity index (χ1v) is 18.2. The Morgan fingerprint density at radius 3 is 2.36 bits per heavy atom. The number of piperidine rings is 1. The molecule has 0 radical (unpaired) electrons. The van der Waals surface area contributed by atoms with Crippen LogP contribution in [0, 0.1) is 5.41 Å². The van der Waals surface area contributed by atoms with Crippen molar-refractivity contribution < 1.29 is 17.2 Å². The number of rotatable bonds is 7. The molecule has 9 nitrogen and oxygen atoms in total. The van der Waals surface area contributed by atoms with Crippen LogP contribution in [-0.4, -0.2) is 108 Å². The molecule has 0 unspecified atom stereocenters. The zero-order valence-electron chi connectivity index (χ0n) is 28.8. The van der Waals surface area contributed by atoms with Crippen molar-refractivity contribution >= 4 is 41.0 Å². The van der Waals surface area contributed by atoms with Crippen molar-refractivity contribution in [3.8, 4) is 0 Å². The highest BCUT2D eigenvalue weighted by Crippen LogP contribution is 2.53. The van der Waals surface area contributed by atoms with Crippen LogP contribution in [0.5, 0.6) is 0 Å². The maximum atomic E-state index is 14.4. The van der Waals surface area contributed by atoms with Gasteiger partial charge in [-0.15, -0.1) is 11.8 Å². The molecular weight excluding hydrogens is 609 g/mol. The number of benzene rings is 2. The van der Waals surface area contributed by atoms with Crippen LogP contribution in [0.1, 0.15) is 72.7 Å². The Kier molecular flexibility index (Phi) is 9.81. The number of nitrogens with one attached hydrogen (secondary N) is 1. The summed E-state index contributed by atoms with van der Waals surface area (Å²) in [7, 11) is 2.17. The second-order valence-electron chi connectivity index (χ2n) is 15.2. The highest BCUT2D eigenvalue weighted by Gasteiger charge is 2.52. The first kappa shape index (κ1) is 33.7. The molecule has 6 rings (SSSR count). The summed E-state index contributed by atoms with van der Waals surface area (Å²) in [5.41, 5.74) is 4.49. The molecule has 10 heteroatoms. The number of fused-ring (bicyclic) bond motifs is 1. The van der Waals surface area contributed by atoms with Crippen LogP contribution < -0.4 is 10.2 Å². The minimum Gasteiger partial charge on any atom is -0.369 e. The highest BCUT2D eigenvalue weighted by atomic mass is 32.2. The smallest absolute Gasteiger partial charge is 0.322 e. The molecular formula is C37H56N6O3S. The highest BCUT2D eigenvalue weighted by molar-refractivity contribution is 8.02. The van der Waals surface area contributed by atoms with Crippen LogP contribution in [0.15, 0.2) is 48.5 Å². The summed E-state index contributed by atoms with van der Waals surface area (Å²) in [4.78, 5) is 52.1. The number of thioether (sulfide) groups is 1. The van der Waals surface area contributed by atoms with Crippen molar-refractivity contribution in [1.29, 1.82) is 0 Å². The van der Waals surface area contributed by atoms with Crippen LogP contribution in [0.3, 0.4) is 0 Å². The lowest BCUT2D eigenvalue weighted by molar-refractivity contribution is -0.139. The molecule has 4 heterocycles. The van der Waals surface area contributed by atoms with Crippen molar-refractivity contribution in [2.45, 2.75) is 76.0 Å². The molecule has 4 aliphatic rings. The summed E-state index contributed by atoms with van der Waals surface area (Å²) >= 11 is 1.65. The molecule has 258 valence electrons. The molecule has 0 spiro atoms. The van der Waals surface area contributed by atoms with Gasteiger partial charge in [0.15, 0.2) is 0 Å². The number of para-hydroxylation sites is 2. The lowest BCUT2D eigenvalue weighted by Gasteiger charge is -2.38. The number of urea groups is 1. The van der Waals surface area contributed by atoms with E-state index < -0.39 is 4.75 Å². The van der Waals surface area contributed by atoms with Gasteiger partial charge in [0.1, 0.15) is 10.1 Å². The number of nitrogens with zero attached hydrogens (tertiary/aromatic N) is 5. The topological polar surface area (TPSA) is 79.4 Å². The van der Waals surface area contributed by atoms with Crippen LogP contribution >= 0.6 is 11.8 Å². The summed E-state index contributed by atoms with van der Waals surface area (Å²) in [6.45, 7) is 15.1. The van der Waals surface area contributed by atoms with Crippen LogP contribution in [-0.2, 0) is 16.0 Å². The van der Waals surface area contributed by atoms with E-state index in [1.807, 2.05) is 34.9 Å². The van der Waals surface area contributed by atoms with Gasteiger partial charge >= 0.3 is 6.03 Å². The third-order valence-electron chi connectivity index (χ3n) is 10.4. The first-order chi connectivity index (χ1) is 22.4. The normalized spacial score (nSPS) is 24.7. The number of amides is 4. The van der Waals surface area contributed by atoms with Gasteiger partial charge in [-0.05, 0) is 62.8 Å². The molecule has 2 aromatic rings. The average Bonchev–Trinajstić information content (AvgIpc) is 3.17. The van der Waals surface area contributed by atoms with Gasteiger partial charge in [0.05, 0.1) is 6.42 Å². The SMILES string of the molecule is CN1CCN(c2ccccc2[C@@H]2S[C@](C)(CC(=O)N3CCC(N4CCc5ccccc5NC4=O)CC3)C(=O)N2CCC(C)(C)C)CC1.[HH].[HH]. The fraction of sp³-hybridized carbons (Fsp3) is 0.595. The van der Waals surface area contributed by atoms with E-state index in [9.17, 15) is 14.4 Å². The van der Waals surface area contributed by atoms with Gasteiger partial charge in [0.25, 0.3) is 0 Å². The van der Waals surface area contributed by atoms with Crippen molar-refractivity contribution in [2.24, 2.45) is 5.41 Å². The van der Waals surface area contributed by atoms with E-state index in [1.165, 1.54) is 11.3 Å². The van der Waals surface area contributed by atoms with Crippen molar-refractivity contribution in [3.63, 3.8) is 0 Å². The summed E-state index contributed by atoms with van der Waals surface area (Å²) in [5, 5.41) is 2.94. The Labute approximate surface area is 288 Å². The zero-order valence-corrected chi connectivity index (χ0v) is 29.7. The van der Waals surface area contributed by atoms with E-state index in [4.69, 9.17) is 0 Å². The number of likely N-dealkylation sites (tertiary alicyclic amines) is 1. The fourth-order valence-electron chi connectivity index (χ4n) is 7.39. The summed E-state index contributed by atoms with van der Waals surface area (Å²) in [5.74, 6) is 0.0947. The lowest BCUT2D eigenvalue weighted by Crippen LogP contribution is -2.51. The number of carbonyl (C=O) groups excluding carboxylic acids is 3. The van der Waals surface area contributed by atoms with Gasteiger partial charge in [-0.25, -0.2) is 4.79 Å². The Balaban J connectivity index is 0.00000270. The van der Waals surface area contributed by atoms with Crippen molar-refractivity contribution in [1.82, 2.24) is 19.6 Å².